The van der Waals surface area contributed by atoms with E-state index in [1.54, 1.807) is 6.20 Å². The Bertz CT molecular complexity index is 631. The molecule has 1 unspecified atom stereocenters. The fraction of sp³-hybridized carbons (Fsp3) is 0.231. The first kappa shape index (κ1) is 11.1. The summed E-state index contributed by atoms with van der Waals surface area (Å²) < 4.78 is 2.02. The van der Waals surface area contributed by atoms with Gasteiger partial charge in [0, 0.05) is 12.4 Å². The predicted molar refractivity (Wildman–Crippen MR) is 72.1 cm³/mol. The summed E-state index contributed by atoms with van der Waals surface area (Å²) in [6.45, 7) is 2.77. The van der Waals surface area contributed by atoms with E-state index < -0.39 is 5.54 Å². The van der Waals surface area contributed by atoms with Gasteiger partial charge < -0.3 is 10.3 Å². The summed E-state index contributed by atoms with van der Waals surface area (Å²) in [6.07, 6.45) is 3.66. The van der Waals surface area contributed by atoms with Gasteiger partial charge in [0.2, 0.25) is 0 Å². The van der Waals surface area contributed by atoms with Crippen molar-refractivity contribution in [1.82, 2.24) is 9.55 Å². The van der Waals surface area contributed by atoms with Crippen LogP contribution in [-0.4, -0.2) is 23.2 Å². The number of amidine groups is 1. The van der Waals surface area contributed by atoms with E-state index in [0.29, 0.717) is 12.4 Å². The van der Waals surface area contributed by atoms with Gasteiger partial charge in [-0.05, 0) is 12.5 Å². The molecule has 0 spiro atoms. The lowest BCUT2D eigenvalue weighted by Crippen LogP contribution is -2.37. The Hall–Kier alpha value is -2.04. The van der Waals surface area contributed by atoms with Crippen molar-refractivity contribution in [2.75, 3.05) is 0 Å². The highest BCUT2D eigenvalue weighted by Crippen LogP contribution is 2.30. The Labute approximate surface area is 107 Å². The van der Waals surface area contributed by atoms with Gasteiger partial charge in [-0.25, -0.2) is 4.98 Å². The number of benzene rings is 1. The van der Waals surface area contributed by atoms with E-state index in [-0.39, 0.29) is 0 Å². The number of nitrogens with two attached hydrogens (primary N) is 1. The molecule has 1 aliphatic heterocycles. The van der Waals surface area contributed by atoms with Crippen molar-refractivity contribution < 1.29 is 0 Å². The summed E-state index contributed by atoms with van der Waals surface area (Å²) in [5.74, 6) is 1.20. The molecular weight excluding hydrogens is 223 g/mol. The number of nitrogens with zero attached hydrogens (tertiary/aromatic N) is 3. The lowest BCUT2D eigenvalue weighted by atomic mass is 9.86. The maximum absolute atomic E-state index is 5.98. The van der Waals surface area contributed by atoms with Gasteiger partial charge in [-0.3, -0.25) is 4.99 Å². The van der Waals surface area contributed by atoms with Crippen molar-refractivity contribution >= 4 is 19.1 Å². The van der Waals surface area contributed by atoms with Crippen molar-refractivity contribution in [2.24, 2.45) is 10.7 Å². The van der Waals surface area contributed by atoms with Gasteiger partial charge in [-0.1, -0.05) is 29.7 Å². The average molecular weight is 236 g/mol. The van der Waals surface area contributed by atoms with Crippen molar-refractivity contribution in [2.45, 2.75) is 19.0 Å². The fourth-order valence-electron chi connectivity index (χ4n) is 2.38. The largest absolute Gasteiger partial charge is 0.381 e. The summed E-state index contributed by atoms with van der Waals surface area (Å²) in [6, 6.07) is 7.77. The number of aliphatic imine (C=N–C) groups is 1. The molecule has 1 aliphatic rings. The number of imidazole rings is 1. The summed E-state index contributed by atoms with van der Waals surface area (Å²) in [7, 11) is 5.83. The highest BCUT2D eigenvalue weighted by atomic mass is 15.2. The first-order valence-corrected chi connectivity index (χ1v) is 5.81. The van der Waals surface area contributed by atoms with Gasteiger partial charge in [0.05, 0.1) is 6.54 Å². The topological polar surface area (TPSA) is 56.2 Å². The molecule has 4 nitrogen and oxygen atoms in total. The predicted octanol–water partition coefficient (Wildman–Crippen LogP) is 0.311. The Balaban J connectivity index is 2.10. The van der Waals surface area contributed by atoms with Crippen LogP contribution in [0.3, 0.4) is 0 Å². The highest BCUT2D eigenvalue weighted by molar-refractivity contribution is 6.32. The first-order valence-electron chi connectivity index (χ1n) is 5.81. The van der Waals surface area contributed by atoms with Crippen LogP contribution in [0.1, 0.15) is 18.3 Å². The number of hydrogen-bond acceptors (Lipinski definition) is 3. The molecule has 1 atom stereocenters. The van der Waals surface area contributed by atoms with Gasteiger partial charge in [0.15, 0.2) is 11.7 Å². The Kier molecular flexibility index (Phi) is 2.30. The molecule has 0 aliphatic carbocycles. The molecule has 0 saturated heterocycles. The first-order chi connectivity index (χ1) is 8.58. The number of hydrogen-bond donors (Lipinski definition) is 1. The quantitative estimate of drug-likeness (QED) is 0.724. The third kappa shape index (κ3) is 1.63. The van der Waals surface area contributed by atoms with E-state index in [2.05, 4.69) is 16.9 Å². The highest BCUT2D eigenvalue weighted by Gasteiger charge is 2.32. The molecule has 2 N–H and O–H groups in total. The van der Waals surface area contributed by atoms with Crippen molar-refractivity contribution in [3.63, 3.8) is 0 Å². The molecule has 88 valence electrons. The summed E-state index contributed by atoms with van der Waals surface area (Å²) in [5.41, 5.74) is 7.38. The minimum absolute atomic E-state index is 0.396. The Morgan fingerprint density at radius 2 is 2.28 bits per heavy atom. The van der Waals surface area contributed by atoms with Crippen LogP contribution in [0, 0.1) is 0 Å². The van der Waals surface area contributed by atoms with Crippen LogP contribution in [-0.2, 0) is 12.1 Å². The zero-order valence-electron chi connectivity index (χ0n) is 10.2. The van der Waals surface area contributed by atoms with E-state index in [1.165, 1.54) is 0 Å². The maximum Gasteiger partial charge on any atom is 0.175 e. The zero-order valence-corrected chi connectivity index (χ0v) is 10.2. The van der Waals surface area contributed by atoms with Gasteiger partial charge >= 0.3 is 0 Å². The number of rotatable bonds is 1. The summed E-state index contributed by atoms with van der Waals surface area (Å²) in [4.78, 5) is 8.79. The second-order valence-electron chi connectivity index (χ2n) is 4.78. The molecule has 3 rings (SSSR count). The van der Waals surface area contributed by atoms with Crippen LogP contribution >= 0.6 is 0 Å². The third-order valence-corrected chi connectivity index (χ3v) is 3.30. The third-order valence-electron chi connectivity index (χ3n) is 3.30. The molecule has 0 bridgehead atoms. The normalized spacial score (nSPS) is 22.4. The lowest BCUT2D eigenvalue weighted by molar-refractivity contribution is 0.400. The van der Waals surface area contributed by atoms with Gasteiger partial charge in [0.1, 0.15) is 13.4 Å². The van der Waals surface area contributed by atoms with Gasteiger partial charge in [0.25, 0.3) is 0 Å². The molecule has 5 heteroatoms. The van der Waals surface area contributed by atoms with E-state index in [9.17, 15) is 0 Å². The van der Waals surface area contributed by atoms with E-state index in [1.807, 2.05) is 35.0 Å². The van der Waals surface area contributed by atoms with E-state index in [4.69, 9.17) is 13.6 Å². The number of fused-ring (bicyclic) bond motifs is 1. The molecule has 0 amide bonds. The van der Waals surface area contributed by atoms with Crippen LogP contribution < -0.4 is 11.2 Å². The second kappa shape index (κ2) is 3.73. The smallest absolute Gasteiger partial charge is 0.175 e. The van der Waals surface area contributed by atoms with Crippen molar-refractivity contribution in [3.05, 3.63) is 48.0 Å². The molecule has 2 radical (unpaired) electrons. The maximum atomic E-state index is 5.98. The zero-order chi connectivity index (χ0) is 12.8. The van der Waals surface area contributed by atoms with Crippen LogP contribution in [0.25, 0.3) is 0 Å². The molecule has 0 saturated carbocycles. The Morgan fingerprint density at radius 3 is 3.06 bits per heavy atom. The van der Waals surface area contributed by atoms with Crippen LogP contribution in [0.5, 0.6) is 0 Å². The van der Waals surface area contributed by atoms with E-state index in [0.717, 1.165) is 16.9 Å². The monoisotopic (exact) mass is 236 g/mol. The second-order valence-corrected chi connectivity index (χ2v) is 4.78. The molecular formula is C13H13BN4. The molecule has 18 heavy (non-hydrogen) atoms. The summed E-state index contributed by atoms with van der Waals surface area (Å²) in [5, 5.41) is 0. The van der Waals surface area contributed by atoms with Crippen molar-refractivity contribution in [3.8, 4) is 0 Å². The molecule has 0 fully saturated rings. The minimum atomic E-state index is -0.396. The standard InChI is InChI=1S/C13H13BN4/c1-13(9-3-2-4-10(14)7-9)8-18-6-5-16-12(18)11(15)17-13/h2-7H,8H2,1H3,(H2,15,17). The van der Waals surface area contributed by atoms with Crippen molar-refractivity contribution in [1.29, 1.82) is 0 Å². The molecule has 2 aromatic rings. The van der Waals surface area contributed by atoms with Crippen LogP contribution in [0.15, 0.2) is 41.7 Å². The molecule has 1 aromatic heterocycles. The van der Waals surface area contributed by atoms with Gasteiger partial charge in [-0.15, -0.1) is 0 Å². The lowest BCUT2D eigenvalue weighted by Gasteiger charge is -2.31. The number of aromatic nitrogens is 2. The molecule has 1 aromatic carbocycles. The van der Waals surface area contributed by atoms with Crippen LogP contribution in [0.4, 0.5) is 0 Å². The SMILES string of the molecule is [B]c1cccc(C2(C)Cn3ccnc3C(N)=N2)c1. The van der Waals surface area contributed by atoms with Crippen LogP contribution in [0.2, 0.25) is 0 Å². The minimum Gasteiger partial charge on any atom is -0.381 e. The summed E-state index contributed by atoms with van der Waals surface area (Å²) >= 11 is 0. The van der Waals surface area contributed by atoms with Gasteiger partial charge in [-0.2, -0.15) is 0 Å². The average Bonchev–Trinajstić information content (AvgIpc) is 2.77. The fourth-order valence-corrected chi connectivity index (χ4v) is 2.38. The molecule has 2 heterocycles. The van der Waals surface area contributed by atoms with E-state index >= 15 is 0 Å². The Morgan fingerprint density at radius 1 is 1.44 bits per heavy atom.